The molecule has 0 saturated carbocycles. The van der Waals surface area contributed by atoms with Gasteiger partial charge < -0.3 is 15.7 Å². The van der Waals surface area contributed by atoms with Crippen LogP contribution in [0.15, 0.2) is 0 Å². The van der Waals surface area contributed by atoms with Crippen LogP contribution < -0.4 is 0 Å². The van der Waals surface area contributed by atoms with E-state index in [-0.39, 0.29) is 11.5 Å². The number of piperidine rings is 1. The molecule has 4 unspecified atom stereocenters. The average molecular weight is 203 g/mol. The molecule has 2 bridgehead atoms. The maximum Gasteiger partial charge on any atom is 0.310 e. The summed E-state index contributed by atoms with van der Waals surface area (Å²) in [6, 6.07) is 0.446. The topological polar surface area (TPSA) is 92.3 Å². The van der Waals surface area contributed by atoms with Gasteiger partial charge in [-0.1, -0.05) is 0 Å². The molecular formula is C9H17NO4. The van der Waals surface area contributed by atoms with Crippen LogP contribution in [-0.4, -0.2) is 51.8 Å². The molecule has 5 heteroatoms. The SMILES string of the molecule is CN1C2CCC1C(C(=O)O)C(O)C2.O. The highest BCUT2D eigenvalue weighted by atomic mass is 16.4. The quantitative estimate of drug-likeness (QED) is 0.577. The molecule has 2 aliphatic rings. The first-order valence-electron chi connectivity index (χ1n) is 4.74. The van der Waals surface area contributed by atoms with Gasteiger partial charge in [-0.2, -0.15) is 0 Å². The predicted octanol–water partition coefficient (Wildman–Crippen LogP) is -0.910. The second kappa shape index (κ2) is 3.84. The van der Waals surface area contributed by atoms with E-state index in [1.807, 2.05) is 7.05 Å². The number of aliphatic carboxylic acids is 1. The third-order valence-corrected chi connectivity index (χ3v) is 3.52. The zero-order chi connectivity index (χ0) is 9.59. The number of rotatable bonds is 1. The van der Waals surface area contributed by atoms with Crippen LogP contribution in [0.2, 0.25) is 0 Å². The molecule has 2 aliphatic heterocycles. The fraction of sp³-hybridized carbons (Fsp3) is 0.889. The molecule has 0 aromatic carbocycles. The summed E-state index contributed by atoms with van der Waals surface area (Å²) in [6.07, 6.45) is 1.91. The lowest BCUT2D eigenvalue weighted by Crippen LogP contribution is -2.51. The lowest BCUT2D eigenvalue weighted by molar-refractivity contribution is -0.151. The van der Waals surface area contributed by atoms with E-state index in [9.17, 15) is 9.90 Å². The van der Waals surface area contributed by atoms with Crippen LogP contribution in [0.3, 0.4) is 0 Å². The number of hydrogen-bond acceptors (Lipinski definition) is 3. The number of nitrogens with zero attached hydrogens (tertiary/aromatic N) is 1. The van der Waals surface area contributed by atoms with Gasteiger partial charge in [0.15, 0.2) is 0 Å². The highest BCUT2D eigenvalue weighted by Crippen LogP contribution is 2.38. The van der Waals surface area contributed by atoms with Crippen molar-refractivity contribution in [2.75, 3.05) is 7.05 Å². The highest BCUT2D eigenvalue weighted by Gasteiger charge is 2.48. The van der Waals surface area contributed by atoms with Gasteiger partial charge in [0.2, 0.25) is 0 Å². The molecule has 2 rings (SSSR count). The first kappa shape index (κ1) is 11.4. The molecule has 2 heterocycles. The van der Waals surface area contributed by atoms with Crippen molar-refractivity contribution in [3.8, 4) is 0 Å². The molecule has 0 aliphatic carbocycles. The Morgan fingerprint density at radius 3 is 2.64 bits per heavy atom. The number of carboxylic acids is 1. The van der Waals surface area contributed by atoms with E-state index in [1.165, 1.54) is 0 Å². The second-order valence-corrected chi connectivity index (χ2v) is 4.13. The van der Waals surface area contributed by atoms with Gasteiger partial charge in [0, 0.05) is 12.1 Å². The van der Waals surface area contributed by atoms with E-state index in [2.05, 4.69) is 4.90 Å². The average Bonchev–Trinajstić information content (AvgIpc) is 2.34. The monoisotopic (exact) mass is 203 g/mol. The van der Waals surface area contributed by atoms with Gasteiger partial charge in [-0.15, -0.1) is 0 Å². The molecule has 0 aromatic heterocycles. The zero-order valence-corrected chi connectivity index (χ0v) is 8.18. The van der Waals surface area contributed by atoms with E-state index in [0.717, 1.165) is 12.8 Å². The van der Waals surface area contributed by atoms with Gasteiger partial charge in [-0.05, 0) is 26.3 Å². The fourth-order valence-corrected chi connectivity index (χ4v) is 2.77. The summed E-state index contributed by atoms with van der Waals surface area (Å²) in [6.45, 7) is 0. The van der Waals surface area contributed by atoms with Crippen LogP contribution >= 0.6 is 0 Å². The molecule has 0 aromatic rings. The van der Waals surface area contributed by atoms with Crippen LogP contribution in [0.5, 0.6) is 0 Å². The van der Waals surface area contributed by atoms with Crippen molar-refractivity contribution in [1.29, 1.82) is 0 Å². The minimum absolute atomic E-state index is 0. The Morgan fingerprint density at radius 1 is 1.43 bits per heavy atom. The van der Waals surface area contributed by atoms with E-state index in [4.69, 9.17) is 5.11 Å². The summed E-state index contributed by atoms with van der Waals surface area (Å²) in [7, 11) is 1.96. The van der Waals surface area contributed by atoms with Gasteiger partial charge in [0.1, 0.15) is 0 Å². The maximum atomic E-state index is 10.9. The zero-order valence-electron chi connectivity index (χ0n) is 8.18. The normalized spacial score (nSPS) is 41.9. The Balaban J connectivity index is 0.000000980. The van der Waals surface area contributed by atoms with Crippen molar-refractivity contribution in [2.24, 2.45) is 5.92 Å². The van der Waals surface area contributed by atoms with Gasteiger partial charge in [-0.25, -0.2) is 0 Å². The Hall–Kier alpha value is -0.650. The van der Waals surface area contributed by atoms with Crippen molar-refractivity contribution in [3.05, 3.63) is 0 Å². The number of carboxylic acid groups (broad SMARTS) is 1. The minimum Gasteiger partial charge on any atom is -0.481 e. The molecule has 4 atom stereocenters. The molecule has 14 heavy (non-hydrogen) atoms. The number of hydrogen-bond donors (Lipinski definition) is 2. The van der Waals surface area contributed by atoms with Crippen LogP contribution in [-0.2, 0) is 4.79 Å². The third-order valence-electron chi connectivity index (χ3n) is 3.52. The van der Waals surface area contributed by atoms with E-state index in [0.29, 0.717) is 12.5 Å². The third kappa shape index (κ3) is 1.51. The van der Waals surface area contributed by atoms with Crippen LogP contribution in [0.4, 0.5) is 0 Å². The smallest absolute Gasteiger partial charge is 0.310 e. The number of aliphatic hydroxyl groups excluding tert-OH is 1. The summed E-state index contributed by atoms with van der Waals surface area (Å²) in [4.78, 5) is 13.0. The van der Waals surface area contributed by atoms with E-state index in [1.54, 1.807) is 0 Å². The fourth-order valence-electron chi connectivity index (χ4n) is 2.77. The van der Waals surface area contributed by atoms with Crippen LogP contribution in [0, 0.1) is 5.92 Å². The molecule has 82 valence electrons. The largest absolute Gasteiger partial charge is 0.481 e. The lowest BCUT2D eigenvalue weighted by atomic mass is 9.88. The summed E-state index contributed by atoms with van der Waals surface area (Å²) in [5.41, 5.74) is 0. The van der Waals surface area contributed by atoms with Crippen molar-refractivity contribution in [3.63, 3.8) is 0 Å². The van der Waals surface area contributed by atoms with Gasteiger partial charge in [0.05, 0.1) is 12.0 Å². The van der Waals surface area contributed by atoms with Crippen LogP contribution in [0.25, 0.3) is 0 Å². The Morgan fingerprint density at radius 2 is 2.07 bits per heavy atom. The van der Waals surface area contributed by atoms with Crippen molar-refractivity contribution in [1.82, 2.24) is 4.90 Å². The van der Waals surface area contributed by atoms with E-state index < -0.39 is 18.0 Å². The molecule has 2 fully saturated rings. The summed E-state index contributed by atoms with van der Waals surface area (Å²) >= 11 is 0. The molecule has 0 amide bonds. The van der Waals surface area contributed by atoms with Crippen molar-refractivity contribution in [2.45, 2.75) is 37.5 Å². The minimum atomic E-state index is -0.857. The van der Waals surface area contributed by atoms with Gasteiger partial charge >= 0.3 is 5.97 Å². The van der Waals surface area contributed by atoms with E-state index >= 15 is 0 Å². The second-order valence-electron chi connectivity index (χ2n) is 4.13. The molecule has 0 spiro atoms. The summed E-state index contributed by atoms with van der Waals surface area (Å²) in [5.74, 6) is -1.44. The van der Waals surface area contributed by atoms with Gasteiger partial charge in [0.25, 0.3) is 0 Å². The first-order chi connectivity index (χ1) is 6.11. The van der Waals surface area contributed by atoms with Gasteiger partial charge in [-0.3, -0.25) is 9.69 Å². The molecule has 4 N–H and O–H groups in total. The summed E-state index contributed by atoms with van der Waals surface area (Å²) < 4.78 is 0. The van der Waals surface area contributed by atoms with Crippen molar-refractivity contribution < 1.29 is 20.5 Å². The number of carbonyl (C=O) groups is 1. The molecule has 5 nitrogen and oxygen atoms in total. The first-order valence-corrected chi connectivity index (χ1v) is 4.74. The number of fused-ring (bicyclic) bond motifs is 2. The lowest BCUT2D eigenvalue weighted by Gasteiger charge is -2.38. The Bertz CT molecular complexity index is 233. The molecule has 2 saturated heterocycles. The molecule has 0 radical (unpaired) electrons. The van der Waals surface area contributed by atoms with Crippen LogP contribution in [0.1, 0.15) is 19.3 Å². The standard InChI is InChI=1S/C9H15NO3.H2O/c1-10-5-2-3-6(10)8(9(12)13)7(11)4-5;/h5-8,11H,2-4H2,1H3,(H,12,13);1H2. The Kier molecular flexibility index (Phi) is 3.14. The Labute approximate surface area is 82.6 Å². The highest BCUT2D eigenvalue weighted by molar-refractivity contribution is 5.72. The summed E-state index contributed by atoms with van der Waals surface area (Å²) in [5, 5.41) is 18.6. The van der Waals surface area contributed by atoms with Crippen molar-refractivity contribution >= 4 is 5.97 Å². The number of aliphatic hydroxyl groups is 1. The molecular weight excluding hydrogens is 186 g/mol. The predicted molar refractivity (Wildman–Crippen MR) is 49.9 cm³/mol. The maximum absolute atomic E-state index is 10.9.